The van der Waals surface area contributed by atoms with Crippen molar-refractivity contribution in [3.05, 3.63) is 46.4 Å². The molecule has 4 nitrogen and oxygen atoms in total. The number of phenols is 1. The predicted octanol–water partition coefficient (Wildman–Crippen LogP) is 3.06. The van der Waals surface area contributed by atoms with Gasteiger partial charge in [-0.05, 0) is 19.9 Å². The SMILES string of the molecule is Cc1nc(Cl)c(NCc2ccccc2O)nc1C. The highest BCUT2D eigenvalue weighted by Gasteiger charge is 2.07. The molecule has 0 aliphatic carbocycles. The Morgan fingerprint density at radius 3 is 2.56 bits per heavy atom. The third kappa shape index (κ3) is 2.71. The minimum absolute atomic E-state index is 0.248. The Bertz CT molecular complexity index is 572. The van der Waals surface area contributed by atoms with Crippen LogP contribution in [0.25, 0.3) is 0 Å². The van der Waals surface area contributed by atoms with Crippen molar-refractivity contribution in [2.45, 2.75) is 20.4 Å². The molecule has 0 spiro atoms. The van der Waals surface area contributed by atoms with E-state index in [1.54, 1.807) is 12.1 Å². The highest BCUT2D eigenvalue weighted by molar-refractivity contribution is 6.31. The van der Waals surface area contributed by atoms with Crippen molar-refractivity contribution in [2.24, 2.45) is 0 Å². The van der Waals surface area contributed by atoms with Crippen LogP contribution < -0.4 is 5.32 Å². The zero-order valence-electron chi connectivity index (χ0n) is 10.2. The zero-order chi connectivity index (χ0) is 13.1. The van der Waals surface area contributed by atoms with Gasteiger partial charge in [0.05, 0.1) is 11.4 Å². The second kappa shape index (κ2) is 5.23. The second-order valence-corrected chi connectivity index (χ2v) is 4.37. The van der Waals surface area contributed by atoms with Crippen LogP contribution in [-0.2, 0) is 6.54 Å². The van der Waals surface area contributed by atoms with E-state index in [2.05, 4.69) is 15.3 Å². The van der Waals surface area contributed by atoms with Crippen LogP contribution in [0.3, 0.4) is 0 Å². The van der Waals surface area contributed by atoms with Gasteiger partial charge in [0.15, 0.2) is 11.0 Å². The zero-order valence-corrected chi connectivity index (χ0v) is 11.0. The molecule has 0 atom stereocenters. The molecule has 0 bridgehead atoms. The molecule has 0 fully saturated rings. The maximum absolute atomic E-state index is 9.65. The Hall–Kier alpha value is -1.81. The van der Waals surface area contributed by atoms with Gasteiger partial charge < -0.3 is 10.4 Å². The van der Waals surface area contributed by atoms with Gasteiger partial charge in [0.25, 0.3) is 0 Å². The maximum atomic E-state index is 9.65. The summed E-state index contributed by atoms with van der Waals surface area (Å²) in [5.41, 5.74) is 2.43. The summed E-state index contributed by atoms with van der Waals surface area (Å²) in [6.07, 6.45) is 0. The molecular formula is C13H14ClN3O. The summed E-state index contributed by atoms with van der Waals surface area (Å²) in [6, 6.07) is 7.13. The minimum atomic E-state index is 0.248. The molecule has 94 valence electrons. The molecule has 0 radical (unpaired) electrons. The first-order valence-corrected chi connectivity index (χ1v) is 5.97. The fourth-order valence-corrected chi connectivity index (χ4v) is 1.76. The molecule has 2 N–H and O–H groups in total. The molecule has 1 heterocycles. The number of phenolic OH excluding ortho intramolecular Hbond substituents is 1. The van der Waals surface area contributed by atoms with Gasteiger partial charge in [-0.15, -0.1) is 0 Å². The third-order valence-electron chi connectivity index (χ3n) is 2.70. The Balaban J connectivity index is 2.16. The number of aryl methyl sites for hydroxylation is 2. The van der Waals surface area contributed by atoms with Crippen LogP contribution in [0.2, 0.25) is 5.15 Å². The molecule has 2 rings (SSSR count). The number of aromatic nitrogens is 2. The van der Waals surface area contributed by atoms with Crippen LogP contribution in [0.15, 0.2) is 24.3 Å². The van der Waals surface area contributed by atoms with E-state index in [0.717, 1.165) is 17.0 Å². The van der Waals surface area contributed by atoms with Crippen molar-refractivity contribution in [1.29, 1.82) is 0 Å². The van der Waals surface area contributed by atoms with E-state index < -0.39 is 0 Å². The number of benzene rings is 1. The van der Waals surface area contributed by atoms with E-state index in [1.165, 1.54) is 0 Å². The van der Waals surface area contributed by atoms with Crippen molar-refractivity contribution in [1.82, 2.24) is 9.97 Å². The summed E-state index contributed by atoms with van der Waals surface area (Å²) in [4.78, 5) is 8.52. The molecule has 2 aromatic rings. The van der Waals surface area contributed by atoms with E-state index >= 15 is 0 Å². The van der Waals surface area contributed by atoms with Gasteiger partial charge in [0.2, 0.25) is 0 Å². The van der Waals surface area contributed by atoms with Gasteiger partial charge >= 0.3 is 0 Å². The van der Waals surface area contributed by atoms with Gasteiger partial charge in [-0.1, -0.05) is 29.8 Å². The first-order valence-electron chi connectivity index (χ1n) is 5.59. The monoisotopic (exact) mass is 263 g/mol. The number of para-hydroxylation sites is 1. The Labute approximate surface area is 111 Å². The largest absolute Gasteiger partial charge is 0.508 e. The van der Waals surface area contributed by atoms with Crippen LogP contribution in [0, 0.1) is 13.8 Å². The average Bonchev–Trinajstić information content (AvgIpc) is 2.34. The van der Waals surface area contributed by atoms with Gasteiger partial charge in [-0.3, -0.25) is 0 Å². The second-order valence-electron chi connectivity index (χ2n) is 4.02. The van der Waals surface area contributed by atoms with Crippen LogP contribution in [0.5, 0.6) is 5.75 Å². The van der Waals surface area contributed by atoms with Crippen molar-refractivity contribution >= 4 is 17.4 Å². The Kier molecular flexibility index (Phi) is 3.67. The Morgan fingerprint density at radius 2 is 1.83 bits per heavy atom. The van der Waals surface area contributed by atoms with Crippen molar-refractivity contribution in [3.63, 3.8) is 0 Å². The van der Waals surface area contributed by atoms with Gasteiger partial charge in [0, 0.05) is 12.1 Å². The molecule has 0 saturated carbocycles. The average molecular weight is 264 g/mol. The van der Waals surface area contributed by atoms with E-state index in [1.807, 2.05) is 26.0 Å². The lowest BCUT2D eigenvalue weighted by Gasteiger charge is -2.10. The molecule has 0 amide bonds. The molecular weight excluding hydrogens is 250 g/mol. The van der Waals surface area contributed by atoms with Crippen molar-refractivity contribution in [3.8, 4) is 5.75 Å². The smallest absolute Gasteiger partial charge is 0.171 e. The van der Waals surface area contributed by atoms with Crippen LogP contribution in [0.4, 0.5) is 5.82 Å². The summed E-state index contributed by atoms with van der Waals surface area (Å²) in [5.74, 6) is 0.779. The van der Waals surface area contributed by atoms with Crippen LogP contribution >= 0.6 is 11.6 Å². The van der Waals surface area contributed by atoms with Crippen LogP contribution in [0.1, 0.15) is 17.0 Å². The first kappa shape index (κ1) is 12.6. The number of nitrogens with zero attached hydrogens (tertiary/aromatic N) is 2. The number of anilines is 1. The number of hydrogen-bond acceptors (Lipinski definition) is 4. The fraction of sp³-hybridized carbons (Fsp3) is 0.231. The lowest BCUT2D eigenvalue weighted by Crippen LogP contribution is -2.05. The summed E-state index contributed by atoms with van der Waals surface area (Å²) in [7, 11) is 0. The number of nitrogens with one attached hydrogen (secondary N) is 1. The minimum Gasteiger partial charge on any atom is -0.508 e. The van der Waals surface area contributed by atoms with Gasteiger partial charge in [-0.2, -0.15) is 0 Å². The third-order valence-corrected chi connectivity index (χ3v) is 2.97. The van der Waals surface area contributed by atoms with E-state index in [0.29, 0.717) is 17.5 Å². The lowest BCUT2D eigenvalue weighted by molar-refractivity contribution is 0.469. The van der Waals surface area contributed by atoms with Gasteiger partial charge in [0.1, 0.15) is 5.75 Å². The fourth-order valence-electron chi connectivity index (χ4n) is 1.53. The molecule has 5 heteroatoms. The highest BCUT2D eigenvalue weighted by atomic mass is 35.5. The molecule has 1 aromatic carbocycles. The summed E-state index contributed by atoms with van der Waals surface area (Å²) in [5, 5.41) is 13.1. The predicted molar refractivity (Wildman–Crippen MR) is 71.9 cm³/mol. The molecule has 1 aromatic heterocycles. The number of halogens is 1. The summed E-state index contributed by atoms with van der Waals surface area (Å²) >= 11 is 6.01. The first-order chi connectivity index (χ1) is 8.58. The highest BCUT2D eigenvalue weighted by Crippen LogP contribution is 2.21. The summed E-state index contributed by atoms with van der Waals surface area (Å²) in [6.45, 7) is 4.19. The lowest BCUT2D eigenvalue weighted by atomic mass is 10.2. The molecule has 18 heavy (non-hydrogen) atoms. The van der Waals surface area contributed by atoms with E-state index in [4.69, 9.17) is 11.6 Å². The molecule has 0 saturated heterocycles. The number of hydrogen-bond donors (Lipinski definition) is 2. The quantitative estimate of drug-likeness (QED) is 0.894. The van der Waals surface area contributed by atoms with Gasteiger partial charge in [-0.25, -0.2) is 9.97 Å². The Morgan fingerprint density at radius 1 is 1.17 bits per heavy atom. The topological polar surface area (TPSA) is 58.0 Å². The molecule has 0 aliphatic heterocycles. The number of rotatable bonds is 3. The molecule has 0 aliphatic rings. The maximum Gasteiger partial charge on any atom is 0.171 e. The van der Waals surface area contributed by atoms with Crippen molar-refractivity contribution < 1.29 is 5.11 Å². The van der Waals surface area contributed by atoms with E-state index in [-0.39, 0.29) is 5.75 Å². The standard InChI is InChI=1S/C13H14ClN3O/c1-8-9(2)17-13(12(14)16-8)15-7-10-5-3-4-6-11(10)18/h3-6,18H,7H2,1-2H3,(H,15,17). The molecule has 0 unspecified atom stereocenters. The normalized spacial score (nSPS) is 10.4. The number of aromatic hydroxyl groups is 1. The summed E-state index contributed by atoms with van der Waals surface area (Å²) < 4.78 is 0. The van der Waals surface area contributed by atoms with Crippen LogP contribution in [-0.4, -0.2) is 15.1 Å². The van der Waals surface area contributed by atoms with E-state index in [9.17, 15) is 5.11 Å². The van der Waals surface area contributed by atoms with Crippen molar-refractivity contribution in [2.75, 3.05) is 5.32 Å².